The van der Waals surface area contributed by atoms with Gasteiger partial charge in [-0.25, -0.2) is 0 Å². The van der Waals surface area contributed by atoms with Crippen molar-refractivity contribution >= 4 is 22.9 Å². The van der Waals surface area contributed by atoms with Crippen molar-refractivity contribution in [3.8, 4) is 0 Å². The molecule has 3 nitrogen and oxygen atoms in total. The van der Waals surface area contributed by atoms with Crippen molar-refractivity contribution < 1.29 is 5.11 Å². The van der Waals surface area contributed by atoms with E-state index in [1.54, 1.807) is 0 Å². The summed E-state index contributed by atoms with van der Waals surface area (Å²) in [7, 11) is 1.91. The Balaban J connectivity index is 3.12. The van der Waals surface area contributed by atoms with Crippen LogP contribution < -0.4 is 10.6 Å². The van der Waals surface area contributed by atoms with E-state index >= 15 is 0 Å². The van der Waals surface area contributed by atoms with E-state index in [-0.39, 0.29) is 6.61 Å². The van der Waals surface area contributed by atoms with Crippen molar-refractivity contribution in [3.63, 3.8) is 0 Å². The lowest BCUT2D eigenvalue weighted by molar-refractivity contribution is 0.304. The van der Waals surface area contributed by atoms with E-state index < -0.39 is 0 Å². The van der Waals surface area contributed by atoms with Crippen LogP contribution in [0.1, 0.15) is 11.1 Å². The van der Waals surface area contributed by atoms with Gasteiger partial charge in [-0.1, -0.05) is 18.3 Å². The lowest BCUT2D eigenvalue weighted by Gasteiger charge is -2.21. The SMILES string of the molecule is Cc1ccc(C(N)=S)c(N(C)CCO)c1. The van der Waals surface area contributed by atoms with Gasteiger partial charge in [0.05, 0.1) is 6.61 Å². The summed E-state index contributed by atoms with van der Waals surface area (Å²) in [4.78, 5) is 2.33. The molecule has 0 saturated carbocycles. The van der Waals surface area contributed by atoms with E-state index in [4.69, 9.17) is 23.1 Å². The monoisotopic (exact) mass is 224 g/mol. The molecule has 4 heteroatoms. The minimum Gasteiger partial charge on any atom is -0.395 e. The number of hydrogen-bond acceptors (Lipinski definition) is 3. The number of benzene rings is 1. The maximum atomic E-state index is 8.89. The predicted octanol–water partition coefficient (Wildman–Crippen LogP) is 1.06. The molecule has 0 bridgehead atoms. The van der Waals surface area contributed by atoms with Gasteiger partial charge < -0.3 is 15.7 Å². The van der Waals surface area contributed by atoms with Gasteiger partial charge in [-0.3, -0.25) is 0 Å². The van der Waals surface area contributed by atoms with Crippen LogP contribution in [0.2, 0.25) is 0 Å². The quantitative estimate of drug-likeness (QED) is 0.751. The first kappa shape index (κ1) is 11.9. The van der Waals surface area contributed by atoms with Gasteiger partial charge in [-0.15, -0.1) is 0 Å². The first-order chi connectivity index (χ1) is 7.06. The van der Waals surface area contributed by atoms with Crippen LogP contribution in [0.5, 0.6) is 0 Å². The van der Waals surface area contributed by atoms with Crippen molar-refractivity contribution in [2.24, 2.45) is 5.73 Å². The molecule has 0 unspecified atom stereocenters. The highest BCUT2D eigenvalue weighted by Gasteiger charge is 2.09. The number of anilines is 1. The van der Waals surface area contributed by atoms with Crippen LogP contribution in [-0.2, 0) is 0 Å². The van der Waals surface area contributed by atoms with E-state index in [0.29, 0.717) is 11.5 Å². The maximum Gasteiger partial charge on any atom is 0.106 e. The number of nitrogens with two attached hydrogens (primary N) is 1. The Hall–Kier alpha value is -1.13. The van der Waals surface area contributed by atoms with Crippen LogP contribution in [0.15, 0.2) is 18.2 Å². The molecule has 0 spiro atoms. The third-order valence-electron chi connectivity index (χ3n) is 2.27. The summed E-state index contributed by atoms with van der Waals surface area (Å²) < 4.78 is 0. The Morgan fingerprint density at radius 3 is 2.73 bits per heavy atom. The number of aryl methyl sites for hydroxylation is 1. The van der Waals surface area contributed by atoms with Crippen LogP contribution in [0.3, 0.4) is 0 Å². The van der Waals surface area contributed by atoms with E-state index in [1.807, 2.05) is 37.1 Å². The number of aliphatic hydroxyl groups excluding tert-OH is 1. The highest BCUT2D eigenvalue weighted by Crippen LogP contribution is 2.20. The average Bonchev–Trinajstić information content (AvgIpc) is 2.17. The smallest absolute Gasteiger partial charge is 0.106 e. The summed E-state index contributed by atoms with van der Waals surface area (Å²) in [6, 6.07) is 5.91. The van der Waals surface area contributed by atoms with Gasteiger partial charge in [0.2, 0.25) is 0 Å². The highest BCUT2D eigenvalue weighted by molar-refractivity contribution is 7.80. The second-order valence-electron chi connectivity index (χ2n) is 3.53. The van der Waals surface area contributed by atoms with E-state index in [0.717, 1.165) is 16.8 Å². The molecule has 0 aromatic heterocycles. The Kier molecular flexibility index (Phi) is 4.05. The zero-order valence-corrected chi connectivity index (χ0v) is 9.84. The highest BCUT2D eigenvalue weighted by atomic mass is 32.1. The first-order valence-corrected chi connectivity index (χ1v) is 5.19. The van der Waals surface area contributed by atoms with Crippen molar-refractivity contribution in [2.75, 3.05) is 25.1 Å². The van der Waals surface area contributed by atoms with Crippen LogP contribution in [0.4, 0.5) is 5.69 Å². The normalized spacial score (nSPS) is 10.1. The molecule has 1 aromatic rings. The molecule has 0 heterocycles. The van der Waals surface area contributed by atoms with Crippen LogP contribution in [0, 0.1) is 6.92 Å². The van der Waals surface area contributed by atoms with Gasteiger partial charge in [-0.2, -0.15) is 0 Å². The fourth-order valence-electron chi connectivity index (χ4n) is 1.44. The van der Waals surface area contributed by atoms with Crippen LogP contribution in [-0.4, -0.2) is 30.3 Å². The van der Waals surface area contributed by atoms with Crippen LogP contribution in [0.25, 0.3) is 0 Å². The summed E-state index contributed by atoms with van der Waals surface area (Å²) in [5.41, 5.74) is 8.61. The minimum absolute atomic E-state index is 0.112. The lowest BCUT2D eigenvalue weighted by Crippen LogP contribution is -2.24. The molecular formula is C11H16N2OS. The number of nitrogens with zero attached hydrogens (tertiary/aromatic N) is 1. The third kappa shape index (κ3) is 2.91. The zero-order valence-electron chi connectivity index (χ0n) is 9.03. The third-order valence-corrected chi connectivity index (χ3v) is 2.49. The number of rotatable bonds is 4. The van der Waals surface area contributed by atoms with Gasteiger partial charge in [0, 0.05) is 24.8 Å². The van der Waals surface area contributed by atoms with Crippen LogP contribution >= 0.6 is 12.2 Å². The maximum absolute atomic E-state index is 8.89. The Bertz CT molecular complexity index is 366. The molecule has 0 fully saturated rings. The average molecular weight is 224 g/mol. The van der Waals surface area contributed by atoms with E-state index in [1.165, 1.54) is 0 Å². The lowest BCUT2D eigenvalue weighted by atomic mass is 10.1. The number of aliphatic hydroxyl groups is 1. The second kappa shape index (κ2) is 5.09. The summed E-state index contributed by atoms with van der Waals surface area (Å²) in [6.07, 6.45) is 0. The van der Waals surface area contributed by atoms with Crippen molar-refractivity contribution in [3.05, 3.63) is 29.3 Å². The molecule has 0 saturated heterocycles. The van der Waals surface area contributed by atoms with Crippen molar-refractivity contribution in [2.45, 2.75) is 6.92 Å². The van der Waals surface area contributed by atoms with E-state index in [9.17, 15) is 0 Å². The molecule has 3 N–H and O–H groups in total. The molecule has 1 rings (SSSR count). The second-order valence-corrected chi connectivity index (χ2v) is 3.97. The summed E-state index contributed by atoms with van der Waals surface area (Å²) in [5.74, 6) is 0. The molecule has 0 amide bonds. The van der Waals surface area contributed by atoms with Crippen molar-refractivity contribution in [1.29, 1.82) is 0 Å². The molecule has 82 valence electrons. The zero-order chi connectivity index (χ0) is 11.4. The summed E-state index contributed by atoms with van der Waals surface area (Å²) >= 11 is 4.98. The fourth-order valence-corrected chi connectivity index (χ4v) is 1.61. The molecular weight excluding hydrogens is 208 g/mol. The Morgan fingerprint density at radius 1 is 1.53 bits per heavy atom. The standard InChI is InChI=1S/C11H16N2OS/c1-8-3-4-9(11(12)15)10(7-8)13(2)5-6-14/h3-4,7,14H,5-6H2,1-2H3,(H2,12,15). The van der Waals surface area contributed by atoms with Gasteiger partial charge in [-0.05, 0) is 24.6 Å². The number of hydrogen-bond donors (Lipinski definition) is 2. The van der Waals surface area contributed by atoms with Gasteiger partial charge in [0.15, 0.2) is 0 Å². The number of likely N-dealkylation sites (N-methyl/N-ethyl adjacent to an activating group) is 1. The Morgan fingerprint density at radius 2 is 2.20 bits per heavy atom. The molecule has 0 radical (unpaired) electrons. The van der Waals surface area contributed by atoms with Gasteiger partial charge >= 0.3 is 0 Å². The topological polar surface area (TPSA) is 49.5 Å². The molecule has 0 atom stereocenters. The number of thiocarbonyl (C=S) groups is 1. The van der Waals surface area contributed by atoms with Gasteiger partial charge in [0.1, 0.15) is 4.99 Å². The minimum atomic E-state index is 0.112. The summed E-state index contributed by atoms with van der Waals surface area (Å²) in [5, 5.41) is 8.89. The first-order valence-electron chi connectivity index (χ1n) is 4.78. The fraction of sp³-hybridized carbons (Fsp3) is 0.364. The molecule has 0 aliphatic carbocycles. The molecule has 0 aliphatic rings. The largest absolute Gasteiger partial charge is 0.395 e. The van der Waals surface area contributed by atoms with E-state index in [2.05, 4.69) is 0 Å². The molecule has 15 heavy (non-hydrogen) atoms. The summed E-state index contributed by atoms with van der Waals surface area (Å²) in [6.45, 7) is 2.69. The van der Waals surface area contributed by atoms with Gasteiger partial charge in [0.25, 0.3) is 0 Å². The Labute approximate surface area is 95.5 Å². The predicted molar refractivity (Wildman–Crippen MR) is 67.4 cm³/mol. The van der Waals surface area contributed by atoms with Crippen molar-refractivity contribution in [1.82, 2.24) is 0 Å². The molecule has 1 aromatic carbocycles. The molecule has 0 aliphatic heterocycles.